The molecule has 0 bridgehead atoms. The summed E-state index contributed by atoms with van der Waals surface area (Å²) in [6.07, 6.45) is 17.9. The van der Waals surface area contributed by atoms with Crippen molar-refractivity contribution in [1.29, 1.82) is 0 Å². The number of aromatic nitrogens is 2. The van der Waals surface area contributed by atoms with E-state index in [4.69, 9.17) is 8.75 Å². The van der Waals surface area contributed by atoms with E-state index >= 15 is 0 Å². The van der Waals surface area contributed by atoms with Gasteiger partial charge in [0.1, 0.15) is 11.0 Å². The van der Waals surface area contributed by atoms with E-state index in [0.717, 1.165) is 23.9 Å². The average Bonchev–Trinajstić information content (AvgIpc) is 4.10. The fraction of sp³-hybridized carbons (Fsp3) is 0.333. The lowest BCUT2D eigenvalue weighted by molar-refractivity contribution is 0.607. The zero-order chi connectivity index (χ0) is 42.5. The van der Waals surface area contributed by atoms with Gasteiger partial charge in [0.25, 0.3) is 0 Å². The highest BCUT2D eigenvalue weighted by atomic mass is 32.1. The smallest absolute Gasteiger partial charge is 0.114 e. The Bertz CT molecular complexity index is 2710. The second kappa shape index (κ2) is 19.4. The van der Waals surface area contributed by atoms with Crippen LogP contribution in [-0.4, -0.2) is 8.75 Å². The molecule has 0 saturated heterocycles. The predicted molar refractivity (Wildman–Crippen MR) is 270 cm³/mol. The maximum atomic E-state index is 5.02. The van der Waals surface area contributed by atoms with Crippen molar-refractivity contribution in [3.8, 4) is 42.4 Å². The minimum Gasteiger partial charge on any atom is -0.172 e. The Kier molecular flexibility index (Phi) is 13.3. The van der Waals surface area contributed by atoms with Gasteiger partial charge >= 0.3 is 0 Å². The number of thiophene rings is 2. The maximum Gasteiger partial charge on any atom is 0.114 e. The molecule has 0 aliphatic heterocycles. The first-order valence-corrected chi connectivity index (χ1v) is 25.7. The van der Waals surface area contributed by atoms with Gasteiger partial charge in [-0.25, -0.2) is 0 Å². The number of nitrogens with zero attached hydrogens (tertiary/aromatic N) is 2. The van der Waals surface area contributed by atoms with E-state index in [9.17, 15) is 0 Å². The van der Waals surface area contributed by atoms with Crippen molar-refractivity contribution >= 4 is 45.4 Å². The third-order valence-corrected chi connectivity index (χ3v) is 16.3. The largest absolute Gasteiger partial charge is 0.172 e. The fourth-order valence-corrected chi connectivity index (χ4v) is 13.0. The fourth-order valence-electron chi connectivity index (χ4n) is 10.1. The molecule has 0 atom stereocenters. The van der Waals surface area contributed by atoms with E-state index in [-0.39, 0.29) is 0 Å². The highest BCUT2D eigenvalue weighted by molar-refractivity contribution is 7.19. The monoisotopic (exact) mass is 868 g/mol. The molecule has 0 saturated carbocycles. The summed E-state index contributed by atoms with van der Waals surface area (Å²) in [4.78, 5) is 5.42. The molecule has 1 aliphatic rings. The Hall–Kier alpha value is -4.68. The first-order chi connectivity index (χ1) is 30.5. The number of aryl methyl sites for hydroxylation is 4. The SMILES string of the molecule is CCCCCCCCc1cc(-c2ccc(-c3cc(CCCCCCCC)c(-c4ccc5c(c4)C(c4ccccc4)(c4ccccc4)c4cc(C)ccc4-5)s3)c3nsnc23)sc1C. The van der Waals surface area contributed by atoms with E-state index in [1.807, 2.05) is 22.7 Å². The maximum absolute atomic E-state index is 5.02. The van der Waals surface area contributed by atoms with Crippen LogP contribution in [0.3, 0.4) is 0 Å². The molecule has 8 aromatic rings. The molecule has 1 aliphatic carbocycles. The van der Waals surface area contributed by atoms with Crippen LogP contribution in [0.2, 0.25) is 0 Å². The predicted octanol–water partition coefficient (Wildman–Crippen LogP) is 17.6. The zero-order valence-corrected chi connectivity index (χ0v) is 39.5. The second-order valence-electron chi connectivity index (χ2n) is 17.6. The molecule has 0 amide bonds. The number of benzene rings is 5. The molecule has 5 aromatic carbocycles. The van der Waals surface area contributed by atoms with Crippen LogP contribution < -0.4 is 0 Å². The quantitative estimate of drug-likeness (QED) is 0.0757. The molecule has 0 spiro atoms. The van der Waals surface area contributed by atoms with Crippen LogP contribution in [0.15, 0.2) is 121 Å². The molecule has 0 unspecified atom stereocenters. The molecule has 3 aromatic heterocycles. The van der Waals surface area contributed by atoms with Gasteiger partial charge in [-0.1, -0.05) is 187 Å². The molecule has 5 heteroatoms. The van der Waals surface area contributed by atoms with Gasteiger partial charge in [-0.3, -0.25) is 0 Å². The van der Waals surface area contributed by atoms with Gasteiger partial charge in [0.05, 0.1) is 17.1 Å². The molecule has 0 N–H and O–H groups in total. The molecule has 2 nitrogen and oxygen atoms in total. The van der Waals surface area contributed by atoms with Gasteiger partial charge in [0.15, 0.2) is 0 Å². The van der Waals surface area contributed by atoms with Crippen LogP contribution in [0.4, 0.5) is 0 Å². The Morgan fingerprint density at radius 2 is 0.968 bits per heavy atom. The molecule has 3 heterocycles. The molecular weight excluding hydrogens is 809 g/mol. The topological polar surface area (TPSA) is 25.8 Å². The van der Waals surface area contributed by atoms with Crippen LogP contribution in [0.1, 0.15) is 135 Å². The van der Waals surface area contributed by atoms with Crippen LogP contribution in [-0.2, 0) is 18.3 Å². The molecule has 9 rings (SSSR count). The lowest BCUT2D eigenvalue weighted by atomic mass is 9.67. The van der Waals surface area contributed by atoms with Crippen molar-refractivity contribution in [2.24, 2.45) is 0 Å². The molecular formula is C57H60N2S3. The Morgan fingerprint density at radius 3 is 1.58 bits per heavy atom. The van der Waals surface area contributed by atoms with E-state index in [1.165, 1.54) is 175 Å². The first-order valence-electron chi connectivity index (χ1n) is 23.4. The zero-order valence-electron chi connectivity index (χ0n) is 37.1. The van der Waals surface area contributed by atoms with E-state index in [1.54, 1.807) is 0 Å². The Morgan fingerprint density at radius 1 is 0.468 bits per heavy atom. The van der Waals surface area contributed by atoms with Crippen LogP contribution in [0.25, 0.3) is 53.5 Å². The summed E-state index contributed by atoms with van der Waals surface area (Å²) in [6, 6.07) is 46.5. The Balaban J connectivity index is 1.12. The van der Waals surface area contributed by atoms with Crippen molar-refractivity contribution in [1.82, 2.24) is 8.75 Å². The minimum atomic E-state index is -0.433. The van der Waals surface area contributed by atoms with Crippen molar-refractivity contribution in [3.05, 3.63) is 165 Å². The van der Waals surface area contributed by atoms with Crippen molar-refractivity contribution in [2.45, 2.75) is 123 Å². The lowest BCUT2D eigenvalue weighted by Gasteiger charge is -2.34. The molecule has 62 heavy (non-hydrogen) atoms. The molecule has 0 fully saturated rings. The van der Waals surface area contributed by atoms with Crippen molar-refractivity contribution in [3.63, 3.8) is 0 Å². The lowest BCUT2D eigenvalue weighted by Crippen LogP contribution is -2.28. The molecule has 0 radical (unpaired) electrons. The summed E-state index contributed by atoms with van der Waals surface area (Å²) in [5, 5.41) is 0. The Labute approximate surface area is 382 Å². The van der Waals surface area contributed by atoms with Gasteiger partial charge < -0.3 is 0 Å². The highest BCUT2D eigenvalue weighted by Crippen LogP contribution is 2.57. The summed E-state index contributed by atoms with van der Waals surface area (Å²) >= 11 is 5.21. The summed E-state index contributed by atoms with van der Waals surface area (Å²) in [5.41, 5.74) is 17.6. The highest BCUT2D eigenvalue weighted by Gasteiger charge is 2.46. The van der Waals surface area contributed by atoms with E-state index in [2.05, 4.69) is 149 Å². The number of hydrogen-bond donors (Lipinski definition) is 0. The van der Waals surface area contributed by atoms with Gasteiger partial charge in [-0.2, -0.15) is 8.75 Å². The third-order valence-electron chi connectivity index (χ3n) is 13.3. The van der Waals surface area contributed by atoms with Crippen LogP contribution in [0, 0.1) is 13.8 Å². The first kappa shape index (κ1) is 42.6. The number of unbranched alkanes of at least 4 members (excludes halogenated alkanes) is 10. The number of hydrogen-bond acceptors (Lipinski definition) is 5. The van der Waals surface area contributed by atoms with Gasteiger partial charge in [0, 0.05) is 30.6 Å². The average molecular weight is 869 g/mol. The van der Waals surface area contributed by atoms with Crippen molar-refractivity contribution < 1.29 is 0 Å². The second-order valence-corrected chi connectivity index (χ2v) is 20.4. The minimum absolute atomic E-state index is 0.433. The van der Waals surface area contributed by atoms with Crippen molar-refractivity contribution in [2.75, 3.05) is 0 Å². The van der Waals surface area contributed by atoms with E-state index in [0.29, 0.717) is 0 Å². The number of rotatable bonds is 19. The van der Waals surface area contributed by atoms with Crippen LogP contribution >= 0.6 is 34.4 Å². The van der Waals surface area contributed by atoms with E-state index < -0.39 is 5.41 Å². The summed E-state index contributed by atoms with van der Waals surface area (Å²) < 4.78 is 9.99. The summed E-state index contributed by atoms with van der Waals surface area (Å²) in [5.74, 6) is 0. The van der Waals surface area contributed by atoms with Gasteiger partial charge in [0.2, 0.25) is 0 Å². The third kappa shape index (κ3) is 8.29. The standard InChI is InChI=1S/C57H60N2S3/c1-5-7-9-11-13-17-23-41-37-52(60-40(41)4)48-33-34-49(55-54(48)58-62-59-55)53-38-42(24-18-14-12-10-8-6-2)56(61-53)43-30-32-47-46-31-29-39(3)35-50(46)57(51(47)36-43,44-25-19-15-20-26-44)45-27-21-16-22-28-45/h15-16,19-22,25-38H,5-14,17-18,23-24H2,1-4H3. The van der Waals surface area contributed by atoms with Gasteiger partial charge in [-0.05, 0) is 108 Å². The van der Waals surface area contributed by atoms with Crippen LogP contribution in [0.5, 0.6) is 0 Å². The molecule has 316 valence electrons. The normalized spacial score (nSPS) is 12.9. The number of fused-ring (bicyclic) bond motifs is 4. The summed E-state index contributed by atoms with van der Waals surface area (Å²) in [7, 11) is 0. The summed E-state index contributed by atoms with van der Waals surface area (Å²) in [6.45, 7) is 9.12. The van der Waals surface area contributed by atoms with Gasteiger partial charge in [-0.15, -0.1) is 22.7 Å².